The van der Waals surface area contributed by atoms with E-state index in [9.17, 15) is 24.9 Å². The van der Waals surface area contributed by atoms with Crippen LogP contribution in [0.2, 0.25) is 0 Å². The largest absolute Gasteiger partial charge is 0.493 e. The second-order valence-electron chi connectivity index (χ2n) is 11.1. The Morgan fingerprint density at radius 2 is 1.87 bits per heavy atom. The lowest BCUT2D eigenvalue weighted by Gasteiger charge is -2.40. The number of dihydropyridines is 1. The van der Waals surface area contributed by atoms with Gasteiger partial charge in [-0.1, -0.05) is 12.1 Å². The number of allylic oxidation sites excluding steroid dienone is 2. The molecular formula is C31H34N2O13. The summed E-state index contributed by atoms with van der Waals surface area (Å²) in [5.41, 5.74) is 9.11. The van der Waals surface area contributed by atoms with E-state index in [0.717, 1.165) is 16.7 Å². The molecule has 0 amide bonds. The minimum atomic E-state index is -1.73. The lowest BCUT2D eigenvalue weighted by molar-refractivity contribution is -0.278. The van der Waals surface area contributed by atoms with Crippen molar-refractivity contribution in [2.75, 3.05) is 34.0 Å². The molecule has 6 rings (SSSR count). The Bertz CT molecular complexity index is 1590. The maximum Gasteiger partial charge on any atom is 0.317 e. The molecule has 0 aliphatic carbocycles. The molecule has 46 heavy (non-hydrogen) atoms. The van der Waals surface area contributed by atoms with Gasteiger partial charge in [-0.05, 0) is 29.3 Å². The van der Waals surface area contributed by atoms with Crippen molar-refractivity contribution in [1.29, 1.82) is 0 Å². The Balaban J connectivity index is 1.32. The number of aliphatic hydroxyl groups excluding tert-OH is 3. The van der Waals surface area contributed by atoms with E-state index >= 15 is 0 Å². The molecule has 0 spiro atoms. The van der Waals surface area contributed by atoms with Gasteiger partial charge in [0.05, 0.1) is 32.6 Å². The number of carbonyl (C=O) groups is 2. The van der Waals surface area contributed by atoms with Gasteiger partial charge in [0, 0.05) is 23.7 Å². The molecule has 2 aromatic rings. The predicted molar refractivity (Wildman–Crippen MR) is 156 cm³/mol. The van der Waals surface area contributed by atoms with E-state index in [-0.39, 0.29) is 18.3 Å². The summed E-state index contributed by atoms with van der Waals surface area (Å²) in [5.74, 6) is 0.0547. The maximum atomic E-state index is 11.7. The zero-order chi connectivity index (χ0) is 32.7. The Hall–Kier alpha value is -4.70. The summed E-state index contributed by atoms with van der Waals surface area (Å²) in [6.45, 7) is 0.0540. The van der Waals surface area contributed by atoms with E-state index in [2.05, 4.69) is 5.32 Å². The number of ether oxygens (including phenoxy) is 7. The van der Waals surface area contributed by atoms with Crippen LogP contribution in [-0.4, -0.2) is 97.0 Å². The normalized spacial score (nSPS) is 27.6. The molecule has 15 heteroatoms. The number of carboxylic acids is 1. The highest BCUT2D eigenvalue weighted by Crippen LogP contribution is 2.57. The van der Waals surface area contributed by atoms with Gasteiger partial charge in [0.1, 0.15) is 55.0 Å². The average molecular weight is 643 g/mol. The fourth-order valence-electron chi connectivity index (χ4n) is 5.99. The molecule has 0 bridgehead atoms. The Kier molecular flexibility index (Phi) is 8.57. The number of nitrogens with one attached hydrogen (secondary N) is 1. The van der Waals surface area contributed by atoms with E-state index < -0.39 is 61.8 Å². The van der Waals surface area contributed by atoms with Gasteiger partial charge in [0.25, 0.3) is 0 Å². The zero-order valence-electron chi connectivity index (χ0n) is 24.9. The van der Waals surface area contributed by atoms with Crippen molar-refractivity contribution < 1.29 is 63.2 Å². The fourth-order valence-corrected chi connectivity index (χ4v) is 5.99. The summed E-state index contributed by atoms with van der Waals surface area (Å²) < 4.78 is 40.5. The van der Waals surface area contributed by atoms with Crippen molar-refractivity contribution in [3.05, 3.63) is 58.9 Å². The minimum absolute atomic E-state index is 0.171. The average Bonchev–Trinajstić information content (AvgIpc) is 3.42. The first-order valence-electron chi connectivity index (χ1n) is 14.5. The molecule has 0 aromatic heterocycles. The first-order valence-corrected chi connectivity index (χ1v) is 14.5. The maximum absolute atomic E-state index is 11.7. The number of esters is 1. The first-order chi connectivity index (χ1) is 22.1. The van der Waals surface area contributed by atoms with Crippen molar-refractivity contribution in [1.82, 2.24) is 5.32 Å². The highest BCUT2D eigenvalue weighted by molar-refractivity contribution is 5.90. The van der Waals surface area contributed by atoms with E-state index in [0.29, 0.717) is 40.9 Å². The molecule has 0 saturated carbocycles. The highest BCUT2D eigenvalue weighted by atomic mass is 16.7. The van der Waals surface area contributed by atoms with Crippen molar-refractivity contribution in [2.24, 2.45) is 5.73 Å². The van der Waals surface area contributed by atoms with Crippen LogP contribution in [0.1, 0.15) is 35.1 Å². The number of benzene rings is 2. The molecule has 7 N–H and O–H groups in total. The van der Waals surface area contributed by atoms with Crippen LogP contribution in [-0.2, 0) is 19.1 Å². The summed E-state index contributed by atoms with van der Waals surface area (Å²) in [6.07, 6.45) is -5.70. The molecule has 4 aliphatic rings. The van der Waals surface area contributed by atoms with Crippen LogP contribution in [0.25, 0.3) is 5.57 Å². The SMILES string of the molecule is COc1ccc2c(c1OC)O[C@H]1c3c(cc(O[C@@H]4O[C@H](COC(=O)CC(=O)O)[C@@H](O)[C@H](O)[C@H]4O)cc3C3=CC=C(N)NC3)OC[C@@H]21. The zero-order valence-corrected chi connectivity index (χ0v) is 24.9. The molecule has 0 unspecified atom stereocenters. The van der Waals surface area contributed by atoms with E-state index in [4.69, 9.17) is 44.0 Å². The van der Waals surface area contributed by atoms with Gasteiger partial charge in [-0.3, -0.25) is 9.59 Å². The fraction of sp³-hybridized carbons (Fsp3) is 0.419. The van der Waals surface area contributed by atoms with Gasteiger partial charge < -0.3 is 64.6 Å². The number of hydrogen-bond donors (Lipinski definition) is 6. The van der Waals surface area contributed by atoms with E-state index in [1.807, 2.05) is 18.2 Å². The smallest absolute Gasteiger partial charge is 0.317 e. The molecular weight excluding hydrogens is 608 g/mol. The molecule has 246 valence electrons. The second-order valence-corrected chi connectivity index (χ2v) is 11.1. The summed E-state index contributed by atoms with van der Waals surface area (Å²) in [6, 6.07) is 7.07. The lowest BCUT2D eigenvalue weighted by atomic mass is 9.84. The van der Waals surface area contributed by atoms with Crippen LogP contribution in [0.5, 0.6) is 28.7 Å². The third kappa shape index (κ3) is 5.73. The van der Waals surface area contributed by atoms with Crippen LogP contribution in [0.3, 0.4) is 0 Å². The van der Waals surface area contributed by atoms with Crippen LogP contribution in [0.15, 0.2) is 42.2 Å². The molecule has 4 heterocycles. The number of carbonyl (C=O) groups excluding carboxylic acids is 1. The Morgan fingerprint density at radius 3 is 2.57 bits per heavy atom. The van der Waals surface area contributed by atoms with Crippen LogP contribution in [0.4, 0.5) is 0 Å². The number of carboxylic acid groups (broad SMARTS) is 1. The third-order valence-electron chi connectivity index (χ3n) is 8.28. The minimum Gasteiger partial charge on any atom is -0.493 e. The topological polar surface area (TPSA) is 218 Å². The summed E-state index contributed by atoms with van der Waals surface area (Å²) in [7, 11) is 3.09. The molecule has 7 atom stereocenters. The number of nitrogens with two attached hydrogens (primary N) is 1. The molecule has 15 nitrogen and oxygen atoms in total. The van der Waals surface area contributed by atoms with Crippen molar-refractivity contribution in [3.63, 3.8) is 0 Å². The van der Waals surface area contributed by atoms with Crippen LogP contribution >= 0.6 is 0 Å². The van der Waals surface area contributed by atoms with Gasteiger partial charge in [-0.25, -0.2) is 0 Å². The highest BCUT2D eigenvalue weighted by Gasteiger charge is 2.47. The molecule has 2 aromatic carbocycles. The van der Waals surface area contributed by atoms with E-state index in [1.165, 1.54) is 0 Å². The second kappa shape index (κ2) is 12.6. The lowest BCUT2D eigenvalue weighted by Crippen LogP contribution is -2.60. The van der Waals surface area contributed by atoms with Crippen LogP contribution in [0, 0.1) is 0 Å². The number of aliphatic carboxylic acids is 1. The van der Waals surface area contributed by atoms with Crippen molar-refractivity contribution in [2.45, 2.75) is 49.1 Å². The van der Waals surface area contributed by atoms with Gasteiger partial charge in [0.15, 0.2) is 11.5 Å². The van der Waals surface area contributed by atoms with Crippen LogP contribution < -0.4 is 34.7 Å². The standard InChI is InChI=1S/C31H34N2O13/c1-40-18-5-4-15-17-11-42-19-8-14(44-31-27(39)26(38)25(37)20(45-31)12-43-23(36)9-22(34)35)7-16(13-3-6-21(32)33-10-13)24(19)28(17)46-29(15)30(18)41-2/h3-8,17,20,25-28,31,33,37-39H,9-12,32H2,1-2H3,(H,34,35)/t17-,20+,25+,26-,27+,28+,31+/m0/s1. The molecule has 4 aliphatic heterocycles. The third-order valence-corrected chi connectivity index (χ3v) is 8.28. The van der Waals surface area contributed by atoms with Crippen molar-refractivity contribution in [3.8, 4) is 28.7 Å². The monoisotopic (exact) mass is 642 g/mol. The Labute approximate surface area is 262 Å². The summed E-state index contributed by atoms with van der Waals surface area (Å²) >= 11 is 0. The molecule has 1 fully saturated rings. The van der Waals surface area contributed by atoms with E-state index in [1.54, 1.807) is 32.4 Å². The molecule has 1 saturated heterocycles. The quantitative estimate of drug-likeness (QED) is 0.160. The Morgan fingerprint density at radius 1 is 1.07 bits per heavy atom. The number of rotatable bonds is 9. The first kappa shape index (κ1) is 31.3. The molecule has 0 radical (unpaired) electrons. The summed E-state index contributed by atoms with van der Waals surface area (Å²) in [5, 5.41) is 43.6. The summed E-state index contributed by atoms with van der Waals surface area (Å²) in [4.78, 5) is 22.5. The van der Waals surface area contributed by atoms with Gasteiger partial charge in [0.2, 0.25) is 12.0 Å². The predicted octanol–water partition coefficient (Wildman–Crippen LogP) is 0.305. The van der Waals surface area contributed by atoms with Gasteiger partial charge in [-0.2, -0.15) is 0 Å². The van der Waals surface area contributed by atoms with Crippen molar-refractivity contribution >= 4 is 17.5 Å². The van der Waals surface area contributed by atoms with Gasteiger partial charge >= 0.3 is 11.9 Å². The number of methoxy groups -OCH3 is 2. The van der Waals surface area contributed by atoms with Gasteiger partial charge in [-0.15, -0.1) is 0 Å². The number of fused-ring (bicyclic) bond motifs is 5. The number of hydrogen-bond acceptors (Lipinski definition) is 14. The number of aliphatic hydroxyl groups is 3.